The Morgan fingerprint density at radius 2 is 1.49 bits per heavy atom. The van der Waals surface area contributed by atoms with Crippen molar-refractivity contribution in [1.82, 2.24) is 4.67 Å². The first-order valence-electron chi connectivity index (χ1n) is 17.7. The summed E-state index contributed by atoms with van der Waals surface area (Å²) >= 11 is 0. The highest BCUT2D eigenvalue weighted by atomic mass is 31.2. The van der Waals surface area contributed by atoms with Crippen molar-refractivity contribution < 1.29 is 18.5 Å². The van der Waals surface area contributed by atoms with Crippen molar-refractivity contribution >= 4 is 37.8 Å². The Labute approximate surface area is 302 Å². The molecule has 0 fully saturated rings. The first-order valence-corrected chi connectivity index (χ1v) is 18.9. The summed E-state index contributed by atoms with van der Waals surface area (Å²) < 4.78 is 26.3. The van der Waals surface area contributed by atoms with E-state index in [0.29, 0.717) is 46.1 Å². The van der Waals surface area contributed by atoms with Crippen LogP contribution in [0.1, 0.15) is 66.0 Å². The maximum atomic E-state index is 13.5. The molecule has 10 nitrogen and oxygen atoms in total. The largest absolute Gasteiger partial charge is 0.378 e. The molecule has 0 N–H and O–H groups in total. The molecule has 11 heteroatoms. The van der Waals surface area contributed by atoms with Crippen LogP contribution in [0.25, 0.3) is 12.2 Å². The van der Waals surface area contributed by atoms with Crippen LogP contribution in [0.2, 0.25) is 0 Å². The Balaban J connectivity index is 1.23. The van der Waals surface area contributed by atoms with Crippen LogP contribution in [0, 0.1) is 11.3 Å². The van der Waals surface area contributed by atoms with Crippen molar-refractivity contribution in [3.05, 3.63) is 90.5 Å². The molecule has 0 saturated heterocycles. The molecule has 2 heterocycles. The summed E-state index contributed by atoms with van der Waals surface area (Å²) in [6.07, 6.45) is 3.81. The summed E-state index contributed by atoms with van der Waals surface area (Å²) in [5.74, 6) is 0. The van der Waals surface area contributed by atoms with Gasteiger partial charge in [-0.2, -0.15) is 5.26 Å². The van der Waals surface area contributed by atoms with E-state index in [0.717, 1.165) is 28.2 Å². The van der Waals surface area contributed by atoms with Crippen molar-refractivity contribution in [2.75, 3.05) is 51.6 Å². The van der Waals surface area contributed by atoms with Crippen LogP contribution in [-0.2, 0) is 29.4 Å². The number of nitriles is 1. The minimum atomic E-state index is -1.32. The van der Waals surface area contributed by atoms with Gasteiger partial charge in [0.05, 0.1) is 80.0 Å². The number of hydrogen-bond donors (Lipinski definition) is 0. The molecule has 0 saturated carbocycles. The van der Waals surface area contributed by atoms with Gasteiger partial charge in [0.25, 0.3) is 8.53 Å². The molecule has 2 unspecified atom stereocenters. The van der Waals surface area contributed by atoms with Gasteiger partial charge in [-0.25, -0.2) is 4.67 Å². The molecule has 272 valence electrons. The third-order valence-corrected chi connectivity index (χ3v) is 12.0. The topological polar surface area (TPSA) is 114 Å². The summed E-state index contributed by atoms with van der Waals surface area (Å²) in [5.41, 5.74) is 3.39. The molecule has 0 bridgehead atoms. The molecule has 2 aliphatic rings. The summed E-state index contributed by atoms with van der Waals surface area (Å²) in [6.45, 7) is 16.8. The second-order valence-electron chi connectivity index (χ2n) is 14.5. The third kappa shape index (κ3) is 7.95. The van der Waals surface area contributed by atoms with E-state index in [9.17, 15) is 9.59 Å². The molecule has 0 aromatic heterocycles. The fourth-order valence-electron chi connectivity index (χ4n) is 7.18. The molecule has 3 aromatic rings. The van der Waals surface area contributed by atoms with E-state index in [-0.39, 0.29) is 39.4 Å². The molecule has 3 atom stereocenters. The predicted molar refractivity (Wildman–Crippen MR) is 205 cm³/mol. The lowest BCUT2D eigenvalue weighted by Gasteiger charge is -2.35. The first kappa shape index (κ1) is 38.7. The van der Waals surface area contributed by atoms with Crippen LogP contribution >= 0.6 is 8.53 Å². The van der Waals surface area contributed by atoms with Crippen molar-refractivity contribution in [2.45, 2.75) is 83.8 Å². The van der Waals surface area contributed by atoms with Crippen LogP contribution in [0.5, 0.6) is 0 Å². The second kappa shape index (κ2) is 16.4. The van der Waals surface area contributed by atoms with Crippen molar-refractivity contribution in [2.24, 2.45) is 4.99 Å². The fraction of sp³-hybridized carbons (Fsp3) is 0.500. The van der Waals surface area contributed by atoms with Gasteiger partial charge in [-0.15, -0.1) is 0 Å². The molecule has 3 aromatic carbocycles. The zero-order chi connectivity index (χ0) is 36.9. The summed E-state index contributed by atoms with van der Waals surface area (Å²) in [4.78, 5) is 33.9. The van der Waals surface area contributed by atoms with Crippen molar-refractivity contribution in [1.29, 1.82) is 5.26 Å². The van der Waals surface area contributed by atoms with Gasteiger partial charge in [0.15, 0.2) is 0 Å². The van der Waals surface area contributed by atoms with Crippen LogP contribution in [0.15, 0.2) is 63.1 Å². The van der Waals surface area contributed by atoms with E-state index in [1.54, 1.807) is 6.08 Å². The van der Waals surface area contributed by atoms with E-state index < -0.39 is 19.4 Å². The summed E-state index contributed by atoms with van der Waals surface area (Å²) in [5, 5.41) is 9.32. The summed E-state index contributed by atoms with van der Waals surface area (Å²) in [6, 6.07) is 18.4. The maximum absolute atomic E-state index is 13.5. The highest BCUT2D eigenvalue weighted by Gasteiger charge is 2.46. The van der Waals surface area contributed by atoms with Gasteiger partial charge in [-0.1, -0.05) is 57.2 Å². The van der Waals surface area contributed by atoms with E-state index in [2.05, 4.69) is 76.2 Å². The average molecular weight is 715 g/mol. The van der Waals surface area contributed by atoms with Crippen LogP contribution in [-0.4, -0.2) is 75.2 Å². The predicted octanol–water partition coefficient (Wildman–Crippen LogP) is 5.01. The number of rotatable bonds is 17. The minimum Gasteiger partial charge on any atom is -0.378 e. The summed E-state index contributed by atoms with van der Waals surface area (Å²) in [7, 11) is 0.674. The maximum Gasteiger partial charge on any atom is 0.259 e. The van der Waals surface area contributed by atoms with Gasteiger partial charge in [0, 0.05) is 35.6 Å². The Hall–Kier alpha value is -3.55. The van der Waals surface area contributed by atoms with E-state index in [1.165, 1.54) is 0 Å². The monoisotopic (exact) mass is 714 g/mol. The number of benzene rings is 2. The van der Waals surface area contributed by atoms with E-state index >= 15 is 0 Å². The fourth-order valence-corrected chi connectivity index (χ4v) is 8.76. The number of anilines is 1. The van der Waals surface area contributed by atoms with Crippen LogP contribution in [0.3, 0.4) is 0 Å². The number of ether oxygens (including phenoxy) is 2. The van der Waals surface area contributed by atoms with Crippen LogP contribution < -0.4 is 26.2 Å². The quantitative estimate of drug-likeness (QED) is 0.141. The standard InChI is InChI=1S/C40H51N4O6P/c1-27(2)44(28(3)4)51(49-19-13-18-41)50-23-22-47-20-21-48-26-40(7)32-15-10-12-17-34(32)43(8)36(40)25-30-37(45)29(38(30)46)24-35-39(5,6)31-14-9-11-16-33(31)42-35/h9-12,14-17,24-25,27-28,36H,13,19-23,26H2,1-8H3/t36?,40-,51?/m0/s1. The molecule has 0 amide bonds. The lowest BCUT2D eigenvalue weighted by Crippen LogP contribution is -2.66. The number of hydrogen-bond acceptors (Lipinski definition) is 10. The molecule has 5 rings (SSSR count). The zero-order valence-corrected chi connectivity index (χ0v) is 32.0. The Morgan fingerprint density at radius 3 is 2.16 bits per heavy atom. The highest BCUT2D eigenvalue weighted by molar-refractivity contribution is 7.44. The lowest BCUT2D eigenvalue weighted by molar-refractivity contribution is 0.0185. The van der Waals surface area contributed by atoms with Gasteiger partial charge in [0.1, 0.15) is 0 Å². The first-order chi connectivity index (χ1) is 24.3. The number of nitrogens with zero attached hydrogens (tertiary/aromatic N) is 4. The van der Waals surface area contributed by atoms with Gasteiger partial charge >= 0.3 is 0 Å². The van der Waals surface area contributed by atoms with Gasteiger partial charge in [-0.05, 0) is 63.1 Å². The number of aliphatic imine (C=N–C) groups is 1. The minimum absolute atomic E-state index is 0.181. The van der Waals surface area contributed by atoms with Crippen molar-refractivity contribution in [3.63, 3.8) is 0 Å². The van der Waals surface area contributed by atoms with Crippen molar-refractivity contribution in [3.8, 4) is 6.07 Å². The normalized spacial score (nSPS) is 19.8. The zero-order valence-electron chi connectivity index (χ0n) is 31.1. The van der Waals surface area contributed by atoms with Gasteiger partial charge in [0.2, 0.25) is 10.9 Å². The number of fused-ring (bicyclic) bond motifs is 2. The number of likely N-dealkylation sites (N-methyl/N-ethyl adjacent to an activating group) is 1. The average Bonchev–Trinajstić information content (AvgIpc) is 3.48. The van der Waals surface area contributed by atoms with E-state index in [4.69, 9.17) is 28.8 Å². The molecule has 2 aliphatic heterocycles. The smallest absolute Gasteiger partial charge is 0.259 e. The molecule has 51 heavy (non-hydrogen) atoms. The van der Waals surface area contributed by atoms with Gasteiger partial charge < -0.3 is 23.4 Å². The Kier molecular flexibility index (Phi) is 12.4. The van der Waals surface area contributed by atoms with E-state index in [1.807, 2.05) is 49.5 Å². The van der Waals surface area contributed by atoms with Crippen LogP contribution in [0.4, 0.5) is 11.4 Å². The molecular formula is C40H51N4O6P. The third-order valence-electron chi connectivity index (χ3n) is 9.88. The molecule has 0 radical (unpaired) electrons. The lowest BCUT2D eigenvalue weighted by atomic mass is 9.78. The molecular weight excluding hydrogens is 663 g/mol. The Morgan fingerprint density at radius 1 is 0.882 bits per heavy atom. The van der Waals surface area contributed by atoms with Gasteiger partial charge in [-0.3, -0.25) is 14.6 Å². The molecule has 0 spiro atoms. The molecule has 0 aliphatic carbocycles. The second-order valence-corrected chi connectivity index (χ2v) is 15.9. The highest BCUT2D eigenvalue weighted by Crippen LogP contribution is 2.47. The Bertz CT molecular complexity index is 1920. The SMILES string of the molecule is CC(C)N(C(C)C)P(OCCC#N)OCCOCCOC[C@@]1(C)c2ccccc2N(C)C1C=c1c(=O)c(=CC2=Nc3ccccc3C2(C)C)c1=O. The number of para-hydroxylation sites is 2.